The molecule has 2 aromatic carbocycles. The number of amides is 1. The topological polar surface area (TPSA) is 91.1 Å². The fraction of sp³-hybridized carbons (Fsp3) is 0.250. The average Bonchev–Trinajstić information content (AvgIpc) is 2.84. The molecule has 1 N–H and O–H groups in total. The minimum absolute atomic E-state index is 0.0963. The van der Waals surface area contributed by atoms with Crippen LogP contribution in [0.5, 0.6) is 5.75 Å². The van der Waals surface area contributed by atoms with Gasteiger partial charge >= 0.3 is 0 Å². The third kappa shape index (κ3) is 4.66. The molecule has 8 heteroatoms. The van der Waals surface area contributed by atoms with Crippen molar-refractivity contribution in [3.63, 3.8) is 0 Å². The first-order valence-corrected chi connectivity index (χ1v) is 10.7. The summed E-state index contributed by atoms with van der Waals surface area (Å²) >= 11 is 6.01. The van der Waals surface area contributed by atoms with Crippen LogP contribution in [0.4, 0.5) is 11.5 Å². The van der Waals surface area contributed by atoms with Crippen molar-refractivity contribution in [1.82, 2.24) is 10.2 Å². The number of ether oxygens (including phenoxy) is 1. The Bertz CT molecular complexity index is 1150. The van der Waals surface area contributed by atoms with Crippen molar-refractivity contribution in [3.8, 4) is 23.1 Å². The summed E-state index contributed by atoms with van der Waals surface area (Å²) in [5.41, 5.74) is 2.48. The molecule has 0 bridgehead atoms. The maximum absolute atomic E-state index is 12.7. The molecule has 4 rings (SSSR count). The third-order valence-electron chi connectivity index (χ3n) is 5.58. The highest BCUT2D eigenvalue weighted by Crippen LogP contribution is 2.29. The van der Waals surface area contributed by atoms with E-state index >= 15 is 0 Å². The van der Waals surface area contributed by atoms with Gasteiger partial charge in [0.05, 0.1) is 24.1 Å². The number of hydrogen-bond donors (Lipinski definition) is 1. The zero-order valence-electron chi connectivity index (χ0n) is 17.6. The van der Waals surface area contributed by atoms with Gasteiger partial charge in [0.1, 0.15) is 11.8 Å². The third-order valence-corrected chi connectivity index (χ3v) is 5.82. The second-order valence-corrected chi connectivity index (χ2v) is 7.97. The van der Waals surface area contributed by atoms with Gasteiger partial charge in [0.2, 0.25) is 5.91 Å². The number of carbonyl (C=O) groups excluding carboxylic acids is 1. The lowest BCUT2D eigenvalue weighted by Crippen LogP contribution is -2.38. The van der Waals surface area contributed by atoms with E-state index in [-0.39, 0.29) is 11.8 Å². The van der Waals surface area contributed by atoms with Gasteiger partial charge in [0, 0.05) is 29.6 Å². The Labute approximate surface area is 191 Å². The number of para-hydroxylation sites is 1. The maximum Gasteiger partial charge on any atom is 0.227 e. The van der Waals surface area contributed by atoms with Crippen LogP contribution in [0.2, 0.25) is 5.02 Å². The van der Waals surface area contributed by atoms with Gasteiger partial charge in [-0.05, 0) is 55.3 Å². The van der Waals surface area contributed by atoms with Gasteiger partial charge in [-0.3, -0.25) is 4.79 Å². The minimum Gasteiger partial charge on any atom is -0.496 e. The van der Waals surface area contributed by atoms with Crippen LogP contribution in [0.15, 0.2) is 54.6 Å². The summed E-state index contributed by atoms with van der Waals surface area (Å²) in [6.45, 7) is 1.39. The molecule has 3 aromatic rings. The fourth-order valence-corrected chi connectivity index (χ4v) is 3.99. The molecule has 0 saturated carbocycles. The highest BCUT2D eigenvalue weighted by molar-refractivity contribution is 6.31. The maximum atomic E-state index is 12.7. The number of methoxy groups -OCH3 is 1. The first-order valence-electron chi connectivity index (χ1n) is 10.3. The van der Waals surface area contributed by atoms with Crippen molar-refractivity contribution in [1.29, 1.82) is 5.26 Å². The molecule has 0 atom stereocenters. The van der Waals surface area contributed by atoms with Crippen LogP contribution >= 0.6 is 11.6 Å². The van der Waals surface area contributed by atoms with Gasteiger partial charge < -0.3 is 15.0 Å². The molecule has 1 aliphatic rings. The second kappa shape index (κ2) is 9.67. The van der Waals surface area contributed by atoms with Crippen molar-refractivity contribution in [2.24, 2.45) is 5.92 Å². The number of nitrogens with zero attached hydrogens (tertiary/aromatic N) is 4. The van der Waals surface area contributed by atoms with Crippen LogP contribution in [0, 0.1) is 17.2 Å². The normalized spacial score (nSPS) is 14.0. The number of benzene rings is 2. The van der Waals surface area contributed by atoms with Crippen molar-refractivity contribution < 1.29 is 9.53 Å². The molecule has 0 aliphatic carbocycles. The zero-order valence-corrected chi connectivity index (χ0v) is 18.3. The highest BCUT2D eigenvalue weighted by Gasteiger charge is 2.26. The molecule has 7 nitrogen and oxygen atoms in total. The molecule has 1 fully saturated rings. The summed E-state index contributed by atoms with van der Waals surface area (Å²) in [6, 6.07) is 18.5. The Morgan fingerprint density at radius 3 is 2.62 bits per heavy atom. The predicted molar refractivity (Wildman–Crippen MR) is 124 cm³/mol. The Morgan fingerprint density at radius 1 is 1.16 bits per heavy atom. The highest BCUT2D eigenvalue weighted by atomic mass is 35.5. The Morgan fingerprint density at radius 2 is 1.94 bits per heavy atom. The van der Waals surface area contributed by atoms with E-state index in [1.807, 2.05) is 36.4 Å². The van der Waals surface area contributed by atoms with Crippen molar-refractivity contribution in [2.45, 2.75) is 12.8 Å². The monoisotopic (exact) mass is 447 g/mol. The summed E-state index contributed by atoms with van der Waals surface area (Å²) in [7, 11) is 1.63. The summed E-state index contributed by atoms with van der Waals surface area (Å²) in [4.78, 5) is 14.9. The van der Waals surface area contributed by atoms with E-state index in [2.05, 4.69) is 26.5 Å². The van der Waals surface area contributed by atoms with Gasteiger partial charge in [0.25, 0.3) is 0 Å². The molecule has 0 spiro atoms. The van der Waals surface area contributed by atoms with Crippen LogP contribution in [0.1, 0.15) is 18.4 Å². The molecule has 1 aliphatic heterocycles. The van der Waals surface area contributed by atoms with Crippen molar-refractivity contribution in [3.05, 3.63) is 65.2 Å². The van der Waals surface area contributed by atoms with E-state index in [0.29, 0.717) is 42.2 Å². The number of aromatic nitrogens is 2. The SMILES string of the molecule is COc1ccccc1-c1ccc(N2CCC(C(=O)Nc3cc(Cl)ccc3C#N)CC2)nn1. The van der Waals surface area contributed by atoms with E-state index < -0.39 is 0 Å². The van der Waals surface area contributed by atoms with Gasteiger partial charge in [-0.15, -0.1) is 10.2 Å². The summed E-state index contributed by atoms with van der Waals surface area (Å²) < 4.78 is 5.40. The molecule has 1 saturated heterocycles. The van der Waals surface area contributed by atoms with Crippen LogP contribution < -0.4 is 15.0 Å². The van der Waals surface area contributed by atoms with Gasteiger partial charge in [-0.1, -0.05) is 23.7 Å². The molecule has 162 valence electrons. The lowest BCUT2D eigenvalue weighted by Gasteiger charge is -2.31. The van der Waals surface area contributed by atoms with Gasteiger partial charge in [0.15, 0.2) is 5.82 Å². The number of nitriles is 1. The molecule has 1 aromatic heterocycles. The van der Waals surface area contributed by atoms with Crippen LogP contribution in [-0.2, 0) is 4.79 Å². The number of anilines is 2. The number of hydrogen-bond acceptors (Lipinski definition) is 6. The standard InChI is InChI=1S/C24H22ClN5O2/c1-32-22-5-3-2-4-19(22)20-8-9-23(29-28-20)30-12-10-16(11-13-30)24(31)27-21-14-18(25)7-6-17(21)15-26/h2-9,14,16H,10-13H2,1H3,(H,27,31). The van der Waals surface area contributed by atoms with Crippen LogP contribution in [-0.4, -0.2) is 36.3 Å². The largest absolute Gasteiger partial charge is 0.496 e. The number of piperidine rings is 1. The minimum atomic E-state index is -0.141. The lowest BCUT2D eigenvalue weighted by atomic mass is 9.95. The number of halogens is 1. The van der Waals surface area contributed by atoms with Crippen LogP contribution in [0.25, 0.3) is 11.3 Å². The predicted octanol–water partition coefficient (Wildman–Crippen LogP) is 4.53. The van der Waals surface area contributed by atoms with Crippen molar-refractivity contribution in [2.75, 3.05) is 30.4 Å². The summed E-state index contributed by atoms with van der Waals surface area (Å²) in [6.07, 6.45) is 1.37. The molecule has 32 heavy (non-hydrogen) atoms. The van der Waals surface area contributed by atoms with E-state index in [0.717, 1.165) is 22.8 Å². The van der Waals surface area contributed by atoms with E-state index in [1.54, 1.807) is 25.3 Å². The second-order valence-electron chi connectivity index (χ2n) is 7.53. The van der Waals surface area contributed by atoms with E-state index in [1.165, 1.54) is 0 Å². The first kappa shape index (κ1) is 21.6. The number of rotatable bonds is 5. The fourth-order valence-electron chi connectivity index (χ4n) is 3.82. The molecule has 1 amide bonds. The lowest BCUT2D eigenvalue weighted by molar-refractivity contribution is -0.120. The molecular formula is C24H22ClN5O2. The Hall–Kier alpha value is -3.63. The smallest absolute Gasteiger partial charge is 0.227 e. The Balaban J connectivity index is 1.38. The molecular weight excluding hydrogens is 426 g/mol. The zero-order chi connectivity index (χ0) is 22.5. The average molecular weight is 448 g/mol. The quantitative estimate of drug-likeness (QED) is 0.617. The summed E-state index contributed by atoms with van der Waals surface area (Å²) in [5.74, 6) is 1.29. The summed E-state index contributed by atoms with van der Waals surface area (Å²) in [5, 5.41) is 21.3. The van der Waals surface area contributed by atoms with E-state index in [4.69, 9.17) is 16.3 Å². The van der Waals surface area contributed by atoms with Gasteiger partial charge in [-0.25, -0.2) is 0 Å². The first-order chi connectivity index (χ1) is 15.6. The number of carbonyl (C=O) groups is 1. The van der Waals surface area contributed by atoms with E-state index in [9.17, 15) is 10.1 Å². The molecule has 0 unspecified atom stereocenters. The number of nitrogens with one attached hydrogen (secondary N) is 1. The molecule has 2 heterocycles. The molecule has 0 radical (unpaired) electrons. The van der Waals surface area contributed by atoms with Crippen LogP contribution in [0.3, 0.4) is 0 Å². The van der Waals surface area contributed by atoms with Gasteiger partial charge in [-0.2, -0.15) is 5.26 Å². The van der Waals surface area contributed by atoms with Crippen molar-refractivity contribution >= 4 is 29.0 Å². The Kier molecular flexibility index (Phi) is 6.52.